The molecule has 1 heterocycles. The smallest absolute Gasteiger partial charge is 0.354 e. The number of nitrogens with zero attached hydrogens (tertiary/aromatic N) is 1. The first-order valence-corrected chi connectivity index (χ1v) is 5.48. The maximum atomic E-state index is 12.3. The maximum Gasteiger partial charge on any atom is 0.416 e. The van der Waals surface area contributed by atoms with Crippen molar-refractivity contribution in [3.63, 3.8) is 0 Å². The molecular formula is C12H12F3NO2. The van der Waals surface area contributed by atoms with Crippen LogP contribution in [0.2, 0.25) is 0 Å². The fourth-order valence-electron chi connectivity index (χ4n) is 1.44. The zero-order valence-corrected chi connectivity index (χ0v) is 9.65. The van der Waals surface area contributed by atoms with Crippen LogP contribution in [0.1, 0.15) is 18.9 Å². The molecular weight excluding hydrogens is 247 g/mol. The van der Waals surface area contributed by atoms with Crippen LogP contribution in [-0.2, 0) is 11.0 Å². The number of rotatable bonds is 3. The third-order valence-corrected chi connectivity index (χ3v) is 2.44. The minimum Gasteiger partial charge on any atom is -0.354 e. The van der Waals surface area contributed by atoms with Crippen LogP contribution in [0.5, 0.6) is 5.75 Å². The Balaban J connectivity index is 1.97. The Morgan fingerprint density at radius 3 is 2.44 bits per heavy atom. The van der Waals surface area contributed by atoms with Crippen LogP contribution in [0.15, 0.2) is 36.5 Å². The largest absolute Gasteiger partial charge is 0.416 e. The van der Waals surface area contributed by atoms with E-state index in [1.54, 1.807) is 6.20 Å². The van der Waals surface area contributed by atoms with Crippen molar-refractivity contribution in [1.82, 2.24) is 5.23 Å². The van der Waals surface area contributed by atoms with Gasteiger partial charge in [-0.15, -0.1) is 0 Å². The molecule has 0 aromatic heterocycles. The summed E-state index contributed by atoms with van der Waals surface area (Å²) in [6.07, 6.45) is -0.200. The van der Waals surface area contributed by atoms with Crippen molar-refractivity contribution in [3.05, 3.63) is 42.1 Å². The van der Waals surface area contributed by atoms with Crippen molar-refractivity contribution in [1.29, 1.82) is 0 Å². The fourth-order valence-corrected chi connectivity index (χ4v) is 1.44. The van der Waals surface area contributed by atoms with Crippen molar-refractivity contribution in [2.24, 2.45) is 0 Å². The minimum atomic E-state index is -4.34. The number of hydroxylamine groups is 2. The monoisotopic (exact) mass is 259 g/mol. The lowest BCUT2D eigenvalue weighted by atomic mass is 10.2. The standard InChI is InChI=1S/C12H12F3NO2/c1-2-10-7-8-16(17-10)18-11-5-3-9(4-6-11)12(13,14)15/h3-8,10H,2H2,1H3. The summed E-state index contributed by atoms with van der Waals surface area (Å²) in [7, 11) is 0. The Morgan fingerprint density at radius 2 is 1.94 bits per heavy atom. The van der Waals surface area contributed by atoms with E-state index in [0.29, 0.717) is 0 Å². The highest BCUT2D eigenvalue weighted by Crippen LogP contribution is 2.30. The topological polar surface area (TPSA) is 21.7 Å². The number of benzene rings is 1. The molecule has 6 heteroatoms. The van der Waals surface area contributed by atoms with Gasteiger partial charge in [0.25, 0.3) is 0 Å². The highest BCUT2D eigenvalue weighted by Gasteiger charge is 2.30. The number of hydrogen-bond donors (Lipinski definition) is 0. The summed E-state index contributed by atoms with van der Waals surface area (Å²) < 4.78 is 37.0. The van der Waals surface area contributed by atoms with Crippen molar-refractivity contribution in [2.45, 2.75) is 25.6 Å². The van der Waals surface area contributed by atoms with Gasteiger partial charge in [0.2, 0.25) is 0 Å². The summed E-state index contributed by atoms with van der Waals surface area (Å²) >= 11 is 0. The molecule has 2 rings (SSSR count). The Kier molecular flexibility index (Phi) is 3.47. The molecule has 0 N–H and O–H groups in total. The second-order valence-electron chi connectivity index (χ2n) is 3.79. The quantitative estimate of drug-likeness (QED) is 0.828. The summed E-state index contributed by atoms with van der Waals surface area (Å²) in [5, 5.41) is 1.14. The van der Waals surface area contributed by atoms with Gasteiger partial charge >= 0.3 is 6.18 Å². The molecule has 1 unspecified atom stereocenters. The lowest BCUT2D eigenvalue weighted by molar-refractivity contribution is -0.284. The lowest BCUT2D eigenvalue weighted by Gasteiger charge is -2.17. The Bertz CT molecular complexity index is 428. The normalized spacial score (nSPS) is 19.3. The number of alkyl halides is 3. The molecule has 1 atom stereocenters. The van der Waals surface area contributed by atoms with Crippen LogP contribution in [0.25, 0.3) is 0 Å². The predicted molar refractivity (Wildman–Crippen MR) is 58.2 cm³/mol. The second-order valence-corrected chi connectivity index (χ2v) is 3.79. The van der Waals surface area contributed by atoms with Crippen LogP contribution >= 0.6 is 0 Å². The highest BCUT2D eigenvalue weighted by molar-refractivity contribution is 5.28. The van der Waals surface area contributed by atoms with Crippen molar-refractivity contribution in [3.8, 4) is 5.75 Å². The van der Waals surface area contributed by atoms with Crippen LogP contribution in [0.3, 0.4) is 0 Å². The molecule has 0 aliphatic carbocycles. The molecule has 1 aromatic carbocycles. The molecule has 1 aromatic rings. The van der Waals surface area contributed by atoms with Crippen LogP contribution in [0.4, 0.5) is 13.2 Å². The number of hydrogen-bond acceptors (Lipinski definition) is 3. The molecule has 0 fully saturated rings. The van der Waals surface area contributed by atoms with E-state index in [1.807, 2.05) is 13.0 Å². The van der Waals surface area contributed by atoms with Crippen LogP contribution in [0, 0.1) is 0 Å². The second kappa shape index (κ2) is 4.89. The zero-order valence-electron chi connectivity index (χ0n) is 9.65. The van der Waals surface area contributed by atoms with Gasteiger partial charge in [0.1, 0.15) is 6.10 Å². The van der Waals surface area contributed by atoms with E-state index in [2.05, 4.69) is 0 Å². The van der Waals surface area contributed by atoms with E-state index in [0.717, 1.165) is 23.8 Å². The summed E-state index contributed by atoms with van der Waals surface area (Å²) in [5.74, 6) is 0.282. The van der Waals surface area contributed by atoms with E-state index < -0.39 is 11.7 Å². The molecule has 18 heavy (non-hydrogen) atoms. The average Bonchev–Trinajstić information content (AvgIpc) is 2.76. The van der Waals surface area contributed by atoms with Gasteiger partial charge < -0.3 is 4.84 Å². The summed E-state index contributed by atoms with van der Waals surface area (Å²) in [6.45, 7) is 1.95. The lowest BCUT2D eigenvalue weighted by Crippen LogP contribution is -2.21. The Morgan fingerprint density at radius 1 is 1.28 bits per heavy atom. The van der Waals surface area contributed by atoms with Gasteiger partial charge in [-0.05, 0) is 36.8 Å². The maximum absolute atomic E-state index is 12.3. The first-order chi connectivity index (χ1) is 8.49. The van der Waals surface area contributed by atoms with E-state index in [9.17, 15) is 13.2 Å². The average molecular weight is 259 g/mol. The molecule has 1 aliphatic rings. The molecule has 0 spiro atoms. The molecule has 3 nitrogen and oxygen atoms in total. The number of halogens is 3. The van der Waals surface area contributed by atoms with Gasteiger partial charge in [-0.3, -0.25) is 0 Å². The molecule has 1 aliphatic heterocycles. The van der Waals surface area contributed by atoms with Crippen molar-refractivity contribution < 1.29 is 22.8 Å². The summed E-state index contributed by atoms with van der Waals surface area (Å²) in [5.41, 5.74) is -0.709. The third-order valence-electron chi connectivity index (χ3n) is 2.44. The first kappa shape index (κ1) is 12.8. The molecule has 0 amide bonds. The summed E-state index contributed by atoms with van der Waals surface area (Å²) in [6, 6.07) is 4.43. The molecule has 0 bridgehead atoms. The van der Waals surface area contributed by atoms with Crippen LogP contribution < -0.4 is 4.84 Å². The van der Waals surface area contributed by atoms with Crippen molar-refractivity contribution in [2.75, 3.05) is 0 Å². The molecule has 0 radical (unpaired) electrons. The zero-order chi connectivity index (χ0) is 13.2. The molecule has 0 saturated heterocycles. The van der Waals surface area contributed by atoms with E-state index in [1.165, 1.54) is 12.1 Å². The Labute approximate surface area is 102 Å². The highest BCUT2D eigenvalue weighted by atomic mass is 19.4. The van der Waals surface area contributed by atoms with Crippen molar-refractivity contribution >= 4 is 0 Å². The third kappa shape index (κ3) is 2.95. The molecule has 0 saturated carbocycles. The van der Waals surface area contributed by atoms with Gasteiger partial charge in [-0.25, -0.2) is 4.84 Å². The predicted octanol–water partition coefficient (Wildman–Crippen LogP) is 3.54. The minimum absolute atomic E-state index is 0.0561. The first-order valence-electron chi connectivity index (χ1n) is 5.48. The van der Waals surface area contributed by atoms with Gasteiger partial charge in [-0.1, -0.05) is 12.2 Å². The summed E-state index contributed by atoms with van der Waals surface area (Å²) in [4.78, 5) is 10.5. The van der Waals surface area contributed by atoms with Gasteiger partial charge in [0, 0.05) is 0 Å². The SMILES string of the molecule is CCC1C=CN(Oc2ccc(C(F)(F)F)cc2)O1. The Hall–Kier alpha value is -1.69. The fraction of sp³-hybridized carbons (Fsp3) is 0.333. The van der Waals surface area contributed by atoms with Gasteiger partial charge in [0.15, 0.2) is 5.75 Å². The van der Waals surface area contributed by atoms with Gasteiger partial charge in [0.05, 0.1) is 11.8 Å². The molecule has 98 valence electrons. The van der Waals surface area contributed by atoms with E-state index in [-0.39, 0.29) is 11.9 Å². The van der Waals surface area contributed by atoms with E-state index >= 15 is 0 Å². The van der Waals surface area contributed by atoms with Crippen LogP contribution in [-0.4, -0.2) is 11.3 Å². The van der Waals surface area contributed by atoms with Gasteiger partial charge in [-0.2, -0.15) is 13.2 Å². The van der Waals surface area contributed by atoms with E-state index in [4.69, 9.17) is 9.68 Å².